The molecule has 7 heteroatoms. The van der Waals surface area contributed by atoms with Gasteiger partial charge in [0.25, 0.3) is 0 Å². The number of nitrogens with two attached hydrogens (primary N) is 1. The lowest BCUT2D eigenvalue weighted by Gasteiger charge is -2.31. The zero-order chi connectivity index (χ0) is 16.9. The van der Waals surface area contributed by atoms with Crippen LogP contribution in [-0.4, -0.2) is 40.4 Å². The lowest BCUT2D eigenvalue weighted by atomic mass is 9.94. The molecular weight excluding hydrogens is 311 g/mol. The highest BCUT2D eigenvalue weighted by Gasteiger charge is 2.26. The smallest absolute Gasteiger partial charge is 0.241 e. The third-order valence-corrected chi connectivity index (χ3v) is 3.99. The van der Waals surface area contributed by atoms with E-state index >= 15 is 0 Å². The number of likely N-dealkylation sites (tertiary alicyclic amines) is 1. The predicted molar refractivity (Wildman–Crippen MR) is 86.1 cm³/mol. The highest BCUT2D eigenvalue weighted by Crippen LogP contribution is 2.32. The Morgan fingerprint density at radius 3 is 2.79 bits per heavy atom. The van der Waals surface area contributed by atoms with Crippen LogP contribution in [0.5, 0.6) is 11.6 Å². The molecule has 126 valence electrons. The Morgan fingerprint density at radius 1 is 1.29 bits per heavy atom. The molecule has 0 unspecified atom stereocenters. The molecule has 0 radical (unpaired) electrons. The van der Waals surface area contributed by atoms with Crippen LogP contribution in [0, 0.1) is 5.82 Å². The van der Waals surface area contributed by atoms with E-state index in [0.717, 1.165) is 25.1 Å². The van der Waals surface area contributed by atoms with E-state index in [1.165, 1.54) is 12.1 Å². The summed E-state index contributed by atoms with van der Waals surface area (Å²) in [5.74, 6) is 0.369. The van der Waals surface area contributed by atoms with Crippen LogP contribution in [0.25, 0.3) is 0 Å². The molecule has 1 aromatic heterocycles. The average molecular weight is 330 g/mol. The summed E-state index contributed by atoms with van der Waals surface area (Å²) in [5.41, 5.74) is 6.03. The molecule has 3 rings (SSSR count). The molecule has 0 aliphatic carbocycles. The summed E-state index contributed by atoms with van der Waals surface area (Å²) in [6, 6.07) is 5.77. The molecule has 1 aliphatic heterocycles. The summed E-state index contributed by atoms with van der Waals surface area (Å²) < 4.78 is 18.8. The quantitative estimate of drug-likeness (QED) is 0.907. The van der Waals surface area contributed by atoms with Gasteiger partial charge in [-0.05, 0) is 43.7 Å². The van der Waals surface area contributed by atoms with Gasteiger partial charge >= 0.3 is 0 Å². The van der Waals surface area contributed by atoms with Gasteiger partial charge in [0.05, 0.1) is 6.54 Å². The van der Waals surface area contributed by atoms with Gasteiger partial charge in [-0.25, -0.2) is 9.37 Å². The van der Waals surface area contributed by atoms with Gasteiger partial charge in [-0.2, -0.15) is 0 Å². The number of hydrogen-bond acceptors (Lipinski definition) is 5. The van der Waals surface area contributed by atoms with E-state index in [4.69, 9.17) is 10.5 Å². The lowest BCUT2D eigenvalue weighted by Crippen LogP contribution is -2.40. The molecule has 0 bridgehead atoms. The second-order valence-corrected chi connectivity index (χ2v) is 5.84. The summed E-state index contributed by atoms with van der Waals surface area (Å²) in [5, 5.41) is 0. The molecule has 2 aromatic rings. The number of rotatable bonds is 5. The summed E-state index contributed by atoms with van der Waals surface area (Å²) >= 11 is 0. The van der Waals surface area contributed by atoms with E-state index in [1.807, 2.05) is 4.90 Å². The first kappa shape index (κ1) is 16.3. The number of ether oxygens (including phenoxy) is 1. The van der Waals surface area contributed by atoms with E-state index in [2.05, 4.69) is 9.97 Å². The van der Waals surface area contributed by atoms with Crippen LogP contribution < -0.4 is 10.5 Å². The van der Waals surface area contributed by atoms with Gasteiger partial charge in [0, 0.05) is 24.9 Å². The molecule has 1 aromatic carbocycles. The van der Waals surface area contributed by atoms with Crippen LogP contribution in [-0.2, 0) is 4.79 Å². The zero-order valence-electron chi connectivity index (χ0n) is 13.2. The first-order valence-electron chi connectivity index (χ1n) is 7.87. The largest absolute Gasteiger partial charge is 0.437 e. The summed E-state index contributed by atoms with van der Waals surface area (Å²) in [7, 11) is 0. The molecule has 0 spiro atoms. The van der Waals surface area contributed by atoms with Crippen LogP contribution in [0.15, 0.2) is 36.7 Å². The Balaban J connectivity index is 1.78. The SMILES string of the molecule is NC(=O)CN1CCC[C@H](c2nccnc2Oc2ccc(F)cc2)C1. The highest BCUT2D eigenvalue weighted by molar-refractivity contribution is 5.75. The van der Waals surface area contributed by atoms with E-state index in [0.29, 0.717) is 18.2 Å². The van der Waals surface area contributed by atoms with Gasteiger partial charge < -0.3 is 10.5 Å². The van der Waals surface area contributed by atoms with Gasteiger partial charge in [0.2, 0.25) is 11.8 Å². The van der Waals surface area contributed by atoms with Crippen molar-refractivity contribution in [2.75, 3.05) is 19.6 Å². The first-order chi connectivity index (χ1) is 11.6. The molecule has 6 nitrogen and oxygen atoms in total. The summed E-state index contributed by atoms with van der Waals surface area (Å²) in [4.78, 5) is 21.9. The number of hydrogen-bond donors (Lipinski definition) is 1. The molecule has 1 amide bonds. The Labute approximate surface area is 139 Å². The molecule has 1 fully saturated rings. The maximum atomic E-state index is 13.0. The number of halogens is 1. The third-order valence-electron chi connectivity index (χ3n) is 3.99. The molecular formula is C17H19FN4O2. The second kappa shape index (κ2) is 7.35. The summed E-state index contributed by atoms with van der Waals surface area (Å²) in [6.45, 7) is 1.76. The minimum absolute atomic E-state index is 0.113. The van der Waals surface area contributed by atoms with E-state index in [1.54, 1.807) is 24.5 Å². The minimum Gasteiger partial charge on any atom is -0.437 e. The van der Waals surface area contributed by atoms with Crippen molar-refractivity contribution in [2.24, 2.45) is 5.73 Å². The van der Waals surface area contributed by atoms with E-state index in [-0.39, 0.29) is 24.2 Å². The Hall–Kier alpha value is -2.54. The maximum Gasteiger partial charge on any atom is 0.241 e. The number of aromatic nitrogens is 2. The van der Waals surface area contributed by atoms with Gasteiger partial charge in [-0.3, -0.25) is 14.7 Å². The van der Waals surface area contributed by atoms with Crippen LogP contribution in [0.4, 0.5) is 4.39 Å². The number of carbonyl (C=O) groups is 1. The van der Waals surface area contributed by atoms with Gasteiger partial charge in [-0.15, -0.1) is 0 Å². The highest BCUT2D eigenvalue weighted by atomic mass is 19.1. The third kappa shape index (κ3) is 4.05. The van der Waals surface area contributed by atoms with Crippen molar-refractivity contribution in [3.63, 3.8) is 0 Å². The molecule has 1 saturated heterocycles. The van der Waals surface area contributed by atoms with E-state index in [9.17, 15) is 9.18 Å². The van der Waals surface area contributed by atoms with Crippen molar-refractivity contribution < 1.29 is 13.9 Å². The summed E-state index contributed by atoms with van der Waals surface area (Å²) in [6.07, 6.45) is 5.07. The maximum absolute atomic E-state index is 13.0. The molecule has 1 aliphatic rings. The van der Waals surface area contributed by atoms with Crippen molar-refractivity contribution in [1.29, 1.82) is 0 Å². The van der Waals surface area contributed by atoms with Crippen LogP contribution in [0.2, 0.25) is 0 Å². The fourth-order valence-electron chi connectivity index (χ4n) is 2.95. The number of primary amides is 1. The fourth-order valence-corrected chi connectivity index (χ4v) is 2.95. The van der Waals surface area contributed by atoms with E-state index < -0.39 is 0 Å². The van der Waals surface area contributed by atoms with Crippen LogP contribution in [0.3, 0.4) is 0 Å². The van der Waals surface area contributed by atoms with Crippen LogP contribution in [0.1, 0.15) is 24.5 Å². The monoisotopic (exact) mass is 330 g/mol. The standard InChI is InChI=1S/C17H19FN4O2/c18-13-3-5-14(6-4-13)24-17-16(20-7-8-21-17)12-2-1-9-22(10-12)11-15(19)23/h3-8,12H,1-2,9-11H2,(H2,19,23)/t12-/m0/s1. The normalized spacial score (nSPS) is 18.3. The van der Waals surface area contributed by atoms with Crippen molar-refractivity contribution >= 4 is 5.91 Å². The molecule has 2 N–H and O–H groups in total. The number of benzene rings is 1. The van der Waals surface area contributed by atoms with Crippen molar-refractivity contribution in [3.05, 3.63) is 48.2 Å². The van der Waals surface area contributed by atoms with Crippen LogP contribution >= 0.6 is 0 Å². The molecule has 0 saturated carbocycles. The van der Waals surface area contributed by atoms with Gasteiger partial charge in [0.1, 0.15) is 17.3 Å². The lowest BCUT2D eigenvalue weighted by molar-refractivity contribution is -0.119. The molecule has 24 heavy (non-hydrogen) atoms. The van der Waals surface area contributed by atoms with Gasteiger partial charge in [-0.1, -0.05) is 0 Å². The number of amides is 1. The Bertz CT molecular complexity index is 708. The Morgan fingerprint density at radius 2 is 2.04 bits per heavy atom. The molecule has 1 atom stereocenters. The van der Waals surface area contributed by atoms with Crippen molar-refractivity contribution in [2.45, 2.75) is 18.8 Å². The zero-order valence-corrected chi connectivity index (χ0v) is 13.2. The minimum atomic E-state index is -0.336. The topological polar surface area (TPSA) is 81.3 Å². The number of piperidine rings is 1. The fraction of sp³-hybridized carbons (Fsp3) is 0.353. The van der Waals surface area contributed by atoms with Crippen molar-refractivity contribution in [1.82, 2.24) is 14.9 Å². The second-order valence-electron chi connectivity index (χ2n) is 5.84. The average Bonchev–Trinajstić information content (AvgIpc) is 2.57. The van der Waals surface area contributed by atoms with Crippen molar-refractivity contribution in [3.8, 4) is 11.6 Å². The Kier molecular flexibility index (Phi) is 5.00. The predicted octanol–water partition coefficient (Wildman–Crippen LogP) is 2.07. The number of nitrogens with zero attached hydrogens (tertiary/aromatic N) is 3. The van der Waals surface area contributed by atoms with Gasteiger partial charge in [0.15, 0.2) is 0 Å². The number of carbonyl (C=O) groups excluding carboxylic acids is 1. The first-order valence-corrected chi connectivity index (χ1v) is 7.87. The molecule has 2 heterocycles.